The third kappa shape index (κ3) is 6.50. The van der Waals surface area contributed by atoms with Crippen LogP contribution in [-0.4, -0.2) is 48.4 Å². The first-order valence-electron chi connectivity index (χ1n) is 9.32. The molecule has 0 aromatic rings. The molecule has 0 radical (unpaired) electrons. The van der Waals surface area contributed by atoms with Crippen molar-refractivity contribution in [3.8, 4) is 0 Å². The highest BCUT2D eigenvalue weighted by Crippen LogP contribution is 2.18. The van der Waals surface area contributed by atoms with Crippen LogP contribution in [0.3, 0.4) is 0 Å². The van der Waals surface area contributed by atoms with Crippen molar-refractivity contribution in [2.75, 3.05) is 19.6 Å². The van der Waals surface area contributed by atoms with Crippen LogP contribution >= 0.6 is 0 Å². The highest BCUT2D eigenvalue weighted by atomic mass is 16.2. The zero-order chi connectivity index (χ0) is 17.2. The molecule has 1 heterocycles. The Morgan fingerprint density at radius 1 is 1.26 bits per heavy atom. The van der Waals surface area contributed by atoms with Crippen molar-refractivity contribution in [2.24, 2.45) is 5.92 Å². The molecule has 0 aromatic heterocycles. The predicted octanol–water partition coefficient (Wildman–Crippen LogP) is 2.31. The summed E-state index contributed by atoms with van der Waals surface area (Å²) in [5.74, 6) is 0.472. The lowest BCUT2D eigenvalue weighted by atomic mass is 9.99. The topological polar surface area (TPSA) is 61.4 Å². The van der Waals surface area contributed by atoms with E-state index < -0.39 is 0 Å². The summed E-state index contributed by atoms with van der Waals surface area (Å²) >= 11 is 0. The van der Waals surface area contributed by atoms with E-state index in [0.717, 1.165) is 45.1 Å². The molecule has 0 saturated carbocycles. The van der Waals surface area contributed by atoms with Gasteiger partial charge in [-0.3, -0.25) is 9.59 Å². The standard InChI is InChI=1S/C18H35N3O2/c1-5-7-8-12-21(18(23)15-10-9-11-20-15)16(13-14(3)4)17(22)19-6-2/h14-16,20H,5-13H2,1-4H3,(H,19,22)/t15-,16+/m0/s1. The average Bonchev–Trinajstić information content (AvgIpc) is 3.03. The summed E-state index contributed by atoms with van der Waals surface area (Å²) in [5, 5.41) is 6.20. The van der Waals surface area contributed by atoms with Crippen molar-refractivity contribution in [3.05, 3.63) is 0 Å². The molecular formula is C18H35N3O2. The number of nitrogens with one attached hydrogen (secondary N) is 2. The number of unbranched alkanes of at least 4 members (excludes halogenated alkanes) is 2. The lowest BCUT2D eigenvalue weighted by Crippen LogP contribution is -2.54. The van der Waals surface area contributed by atoms with E-state index >= 15 is 0 Å². The van der Waals surface area contributed by atoms with Crippen LogP contribution < -0.4 is 10.6 Å². The normalized spacial score (nSPS) is 18.9. The Morgan fingerprint density at radius 2 is 2.00 bits per heavy atom. The molecule has 1 fully saturated rings. The summed E-state index contributed by atoms with van der Waals surface area (Å²) < 4.78 is 0. The van der Waals surface area contributed by atoms with Crippen LogP contribution in [0.15, 0.2) is 0 Å². The molecule has 23 heavy (non-hydrogen) atoms. The van der Waals surface area contributed by atoms with Gasteiger partial charge in [-0.25, -0.2) is 0 Å². The van der Waals surface area contributed by atoms with Crippen molar-refractivity contribution in [2.45, 2.75) is 78.3 Å². The Hall–Kier alpha value is -1.10. The summed E-state index contributed by atoms with van der Waals surface area (Å²) in [6.07, 6.45) is 5.80. The van der Waals surface area contributed by atoms with Crippen LogP contribution in [0.25, 0.3) is 0 Å². The molecule has 5 nitrogen and oxygen atoms in total. The summed E-state index contributed by atoms with van der Waals surface area (Å²) in [6, 6.07) is -0.456. The molecule has 2 N–H and O–H groups in total. The van der Waals surface area contributed by atoms with Gasteiger partial charge in [0.15, 0.2) is 0 Å². The number of carbonyl (C=O) groups excluding carboxylic acids is 2. The molecular weight excluding hydrogens is 290 g/mol. The lowest BCUT2D eigenvalue weighted by molar-refractivity contribution is -0.142. The molecule has 0 spiro atoms. The smallest absolute Gasteiger partial charge is 0.242 e. The number of hydrogen-bond donors (Lipinski definition) is 2. The van der Waals surface area contributed by atoms with Gasteiger partial charge < -0.3 is 15.5 Å². The Morgan fingerprint density at radius 3 is 2.52 bits per heavy atom. The van der Waals surface area contributed by atoms with Crippen LogP contribution in [-0.2, 0) is 9.59 Å². The molecule has 1 aliphatic heterocycles. The minimum Gasteiger partial charge on any atom is -0.355 e. The fraction of sp³-hybridized carbons (Fsp3) is 0.889. The molecule has 1 aliphatic rings. The van der Waals surface area contributed by atoms with Gasteiger partial charge in [-0.05, 0) is 45.1 Å². The molecule has 0 aromatic carbocycles. The molecule has 2 atom stereocenters. The minimum atomic E-state index is -0.346. The van der Waals surface area contributed by atoms with Crippen LogP contribution in [0.4, 0.5) is 0 Å². The predicted molar refractivity (Wildman–Crippen MR) is 94.2 cm³/mol. The molecule has 2 amide bonds. The van der Waals surface area contributed by atoms with Crippen LogP contribution in [0.5, 0.6) is 0 Å². The van der Waals surface area contributed by atoms with E-state index in [2.05, 4.69) is 31.4 Å². The zero-order valence-electron chi connectivity index (χ0n) is 15.4. The van der Waals surface area contributed by atoms with Gasteiger partial charge in [0.1, 0.15) is 6.04 Å². The fourth-order valence-electron chi connectivity index (χ4n) is 3.16. The van der Waals surface area contributed by atoms with E-state index in [0.29, 0.717) is 19.0 Å². The molecule has 134 valence electrons. The Balaban J connectivity index is 2.89. The molecule has 0 aliphatic carbocycles. The Kier molecular flexibility index (Phi) is 9.22. The van der Waals surface area contributed by atoms with Crippen LogP contribution in [0.2, 0.25) is 0 Å². The first-order valence-corrected chi connectivity index (χ1v) is 9.32. The molecule has 1 saturated heterocycles. The first-order chi connectivity index (χ1) is 11.0. The minimum absolute atomic E-state index is 0.0101. The second-order valence-corrected chi connectivity index (χ2v) is 6.93. The van der Waals surface area contributed by atoms with Crippen molar-refractivity contribution in [1.82, 2.24) is 15.5 Å². The van der Waals surface area contributed by atoms with E-state index in [-0.39, 0.29) is 23.9 Å². The van der Waals surface area contributed by atoms with E-state index in [4.69, 9.17) is 0 Å². The van der Waals surface area contributed by atoms with E-state index in [1.165, 1.54) is 0 Å². The Bertz CT molecular complexity index is 365. The third-order valence-electron chi connectivity index (χ3n) is 4.37. The van der Waals surface area contributed by atoms with Crippen molar-refractivity contribution >= 4 is 11.8 Å². The summed E-state index contributed by atoms with van der Waals surface area (Å²) in [5.41, 5.74) is 0. The number of hydrogen-bond acceptors (Lipinski definition) is 3. The van der Waals surface area contributed by atoms with Crippen LogP contribution in [0, 0.1) is 5.92 Å². The SMILES string of the molecule is CCCCCN(C(=O)[C@@H]1CCCN1)[C@H](CC(C)C)C(=O)NCC. The highest BCUT2D eigenvalue weighted by molar-refractivity contribution is 5.90. The summed E-state index contributed by atoms with van der Waals surface area (Å²) in [6.45, 7) is 10.5. The van der Waals surface area contributed by atoms with E-state index in [1.807, 2.05) is 11.8 Å². The van der Waals surface area contributed by atoms with Gasteiger partial charge in [0.2, 0.25) is 11.8 Å². The molecule has 1 rings (SSSR count). The third-order valence-corrected chi connectivity index (χ3v) is 4.37. The fourth-order valence-corrected chi connectivity index (χ4v) is 3.16. The maximum Gasteiger partial charge on any atom is 0.242 e. The van der Waals surface area contributed by atoms with Crippen molar-refractivity contribution in [1.29, 1.82) is 0 Å². The first kappa shape index (κ1) is 19.9. The Labute approximate surface area is 141 Å². The quantitative estimate of drug-likeness (QED) is 0.606. The number of likely N-dealkylation sites (N-methyl/N-ethyl adjacent to an activating group) is 1. The van der Waals surface area contributed by atoms with Gasteiger partial charge in [0.25, 0.3) is 0 Å². The molecule has 0 bridgehead atoms. The van der Waals surface area contributed by atoms with Crippen molar-refractivity contribution in [3.63, 3.8) is 0 Å². The number of carbonyl (C=O) groups is 2. The summed E-state index contributed by atoms with van der Waals surface area (Å²) in [7, 11) is 0. The number of nitrogens with zero attached hydrogens (tertiary/aromatic N) is 1. The van der Waals surface area contributed by atoms with E-state index in [9.17, 15) is 9.59 Å². The average molecular weight is 325 g/mol. The lowest BCUT2D eigenvalue weighted by Gasteiger charge is -2.34. The van der Waals surface area contributed by atoms with Gasteiger partial charge in [-0.1, -0.05) is 33.6 Å². The van der Waals surface area contributed by atoms with Gasteiger partial charge in [0, 0.05) is 13.1 Å². The monoisotopic (exact) mass is 325 g/mol. The van der Waals surface area contributed by atoms with Gasteiger partial charge in [-0.2, -0.15) is 0 Å². The number of amides is 2. The van der Waals surface area contributed by atoms with Gasteiger partial charge >= 0.3 is 0 Å². The highest BCUT2D eigenvalue weighted by Gasteiger charge is 2.34. The largest absolute Gasteiger partial charge is 0.355 e. The summed E-state index contributed by atoms with van der Waals surface area (Å²) in [4.78, 5) is 27.4. The molecule has 0 unspecified atom stereocenters. The van der Waals surface area contributed by atoms with Gasteiger partial charge in [0.05, 0.1) is 6.04 Å². The zero-order valence-corrected chi connectivity index (χ0v) is 15.4. The van der Waals surface area contributed by atoms with Gasteiger partial charge in [-0.15, -0.1) is 0 Å². The van der Waals surface area contributed by atoms with Crippen LogP contribution in [0.1, 0.15) is 66.2 Å². The second kappa shape index (κ2) is 10.6. The van der Waals surface area contributed by atoms with E-state index in [1.54, 1.807) is 0 Å². The number of rotatable bonds is 10. The maximum atomic E-state index is 13.0. The maximum absolute atomic E-state index is 13.0. The molecule has 5 heteroatoms. The second-order valence-electron chi connectivity index (χ2n) is 6.93. The van der Waals surface area contributed by atoms with Crippen molar-refractivity contribution < 1.29 is 9.59 Å².